The van der Waals surface area contributed by atoms with Gasteiger partial charge in [0.05, 0.1) is 0 Å². The predicted molar refractivity (Wildman–Crippen MR) is 67.5 cm³/mol. The normalized spacial score (nSPS) is 10.4. The quantitative estimate of drug-likeness (QED) is 0.860. The van der Waals surface area contributed by atoms with Gasteiger partial charge < -0.3 is 10.6 Å². The molecular weight excluding hydrogens is 254 g/mol. The molecule has 0 bridgehead atoms. The fourth-order valence-electron chi connectivity index (χ4n) is 1.32. The standard InChI is InChI=1S/C13H16F2N2O2/c1-8(2)13(19)16-7-6-11(18)17-12-9(14)4-3-5-10(12)15/h3-5,8H,6-7H2,1-2H3,(H,16,19)(H,17,18). The number of halogens is 2. The van der Waals surface area contributed by atoms with E-state index in [0.717, 1.165) is 12.1 Å². The van der Waals surface area contributed by atoms with E-state index < -0.39 is 23.2 Å². The van der Waals surface area contributed by atoms with Crippen LogP contribution >= 0.6 is 0 Å². The molecule has 0 spiro atoms. The molecule has 0 radical (unpaired) electrons. The van der Waals surface area contributed by atoms with Crippen molar-refractivity contribution < 1.29 is 18.4 Å². The molecule has 1 aromatic carbocycles. The van der Waals surface area contributed by atoms with Crippen LogP contribution in [0.4, 0.5) is 14.5 Å². The number of amides is 2. The van der Waals surface area contributed by atoms with E-state index in [4.69, 9.17) is 0 Å². The van der Waals surface area contributed by atoms with Gasteiger partial charge in [-0.2, -0.15) is 0 Å². The van der Waals surface area contributed by atoms with Crippen LogP contribution in [0.25, 0.3) is 0 Å². The average molecular weight is 270 g/mol. The van der Waals surface area contributed by atoms with E-state index in [1.54, 1.807) is 13.8 Å². The summed E-state index contributed by atoms with van der Waals surface area (Å²) >= 11 is 0. The number of rotatable bonds is 5. The topological polar surface area (TPSA) is 58.2 Å². The Morgan fingerprint density at radius 1 is 1.21 bits per heavy atom. The number of carbonyl (C=O) groups is 2. The van der Waals surface area contributed by atoms with Gasteiger partial charge in [-0.05, 0) is 12.1 Å². The van der Waals surface area contributed by atoms with E-state index in [-0.39, 0.29) is 24.8 Å². The fourth-order valence-corrected chi connectivity index (χ4v) is 1.32. The third kappa shape index (κ3) is 4.65. The first-order valence-electron chi connectivity index (χ1n) is 5.93. The second-order valence-electron chi connectivity index (χ2n) is 4.34. The minimum Gasteiger partial charge on any atom is -0.355 e. The maximum atomic E-state index is 13.2. The van der Waals surface area contributed by atoms with Gasteiger partial charge in [0.15, 0.2) is 0 Å². The first-order chi connectivity index (χ1) is 8.91. The Bertz CT molecular complexity index is 455. The lowest BCUT2D eigenvalue weighted by molar-refractivity contribution is -0.124. The molecule has 1 rings (SSSR count). The molecule has 2 N–H and O–H groups in total. The van der Waals surface area contributed by atoms with Crippen molar-refractivity contribution in [3.8, 4) is 0 Å². The highest BCUT2D eigenvalue weighted by molar-refractivity contribution is 5.91. The first kappa shape index (κ1) is 15.1. The van der Waals surface area contributed by atoms with Crippen molar-refractivity contribution in [3.63, 3.8) is 0 Å². The van der Waals surface area contributed by atoms with Gasteiger partial charge in [0, 0.05) is 18.9 Å². The fraction of sp³-hybridized carbons (Fsp3) is 0.385. The zero-order valence-corrected chi connectivity index (χ0v) is 10.8. The Balaban J connectivity index is 2.46. The molecule has 0 atom stereocenters. The molecule has 0 unspecified atom stereocenters. The smallest absolute Gasteiger partial charge is 0.226 e. The summed E-state index contributed by atoms with van der Waals surface area (Å²) in [5.74, 6) is -2.58. The third-order valence-electron chi connectivity index (χ3n) is 2.40. The van der Waals surface area contributed by atoms with Crippen molar-refractivity contribution in [1.29, 1.82) is 0 Å². The molecule has 0 aliphatic carbocycles. The molecule has 104 valence electrons. The van der Waals surface area contributed by atoms with Gasteiger partial charge in [-0.25, -0.2) is 8.78 Å². The average Bonchev–Trinajstić information content (AvgIpc) is 2.33. The molecule has 0 aliphatic rings. The van der Waals surface area contributed by atoms with Gasteiger partial charge in [-0.3, -0.25) is 9.59 Å². The largest absolute Gasteiger partial charge is 0.355 e. The number of anilines is 1. The molecule has 0 aromatic heterocycles. The van der Waals surface area contributed by atoms with Gasteiger partial charge in [0.2, 0.25) is 11.8 Å². The number of hydrogen-bond donors (Lipinski definition) is 2. The van der Waals surface area contributed by atoms with E-state index >= 15 is 0 Å². The SMILES string of the molecule is CC(C)C(=O)NCCC(=O)Nc1c(F)cccc1F. The highest BCUT2D eigenvalue weighted by atomic mass is 19.1. The van der Waals surface area contributed by atoms with Gasteiger partial charge >= 0.3 is 0 Å². The van der Waals surface area contributed by atoms with Crippen molar-refractivity contribution in [2.75, 3.05) is 11.9 Å². The van der Waals surface area contributed by atoms with Gasteiger partial charge in [-0.1, -0.05) is 19.9 Å². The summed E-state index contributed by atoms with van der Waals surface area (Å²) in [7, 11) is 0. The van der Waals surface area contributed by atoms with E-state index in [0.29, 0.717) is 0 Å². The second-order valence-corrected chi connectivity index (χ2v) is 4.34. The number of carbonyl (C=O) groups excluding carboxylic acids is 2. The van der Waals surface area contributed by atoms with E-state index in [2.05, 4.69) is 10.6 Å². The van der Waals surface area contributed by atoms with Crippen LogP contribution in [-0.2, 0) is 9.59 Å². The number of benzene rings is 1. The third-order valence-corrected chi connectivity index (χ3v) is 2.40. The minimum atomic E-state index is -0.834. The molecule has 19 heavy (non-hydrogen) atoms. The van der Waals surface area contributed by atoms with Crippen molar-refractivity contribution in [3.05, 3.63) is 29.8 Å². The van der Waals surface area contributed by atoms with Crippen LogP contribution in [0.1, 0.15) is 20.3 Å². The van der Waals surface area contributed by atoms with Crippen LogP contribution in [0.5, 0.6) is 0 Å². The van der Waals surface area contributed by atoms with Gasteiger partial charge in [0.1, 0.15) is 17.3 Å². The van der Waals surface area contributed by atoms with Crippen LogP contribution in [0.2, 0.25) is 0 Å². The monoisotopic (exact) mass is 270 g/mol. The van der Waals surface area contributed by atoms with Crippen LogP contribution in [0.3, 0.4) is 0 Å². The maximum Gasteiger partial charge on any atom is 0.226 e. The number of hydrogen-bond acceptors (Lipinski definition) is 2. The zero-order valence-electron chi connectivity index (χ0n) is 10.8. The van der Waals surface area contributed by atoms with Crippen molar-refractivity contribution >= 4 is 17.5 Å². The van der Waals surface area contributed by atoms with Crippen molar-refractivity contribution in [2.24, 2.45) is 5.92 Å². The van der Waals surface area contributed by atoms with Gasteiger partial charge in [-0.15, -0.1) is 0 Å². The van der Waals surface area contributed by atoms with Crippen molar-refractivity contribution in [2.45, 2.75) is 20.3 Å². The molecule has 0 fully saturated rings. The lowest BCUT2D eigenvalue weighted by Crippen LogP contribution is -2.30. The highest BCUT2D eigenvalue weighted by Gasteiger charge is 2.12. The summed E-state index contributed by atoms with van der Waals surface area (Å²) in [5, 5.41) is 4.68. The summed E-state index contributed by atoms with van der Waals surface area (Å²) in [4.78, 5) is 22.7. The minimum absolute atomic E-state index is 0.0494. The van der Waals surface area contributed by atoms with Crippen LogP contribution in [-0.4, -0.2) is 18.4 Å². The van der Waals surface area contributed by atoms with Crippen LogP contribution in [0.15, 0.2) is 18.2 Å². The van der Waals surface area contributed by atoms with E-state index in [1.165, 1.54) is 6.07 Å². The molecule has 0 saturated carbocycles. The molecule has 4 nitrogen and oxygen atoms in total. The van der Waals surface area contributed by atoms with Crippen LogP contribution < -0.4 is 10.6 Å². The Morgan fingerprint density at radius 2 is 1.79 bits per heavy atom. The number of nitrogens with one attached hydrogen (secondary N) is 2. The lowest BCUT2D eigenvalue weighted by Gasteiger charge is -2.09. The van der Waals surface area contributed by atoms with E-state index in [1.807, 2.05) is 0 Å². The zero-order chi connectivity index (χ0) is 14.4. The summed E-state index contributed by atoms with van der Waals surface area (Å²) < 4.78 is 26.5. The summed E-state index contributed by atoms with van der Waals surface area (Å²) in [6.07, 6.45) is -0.0494. The second kappa shape index (κ2) is 6.82. The summed E-state index contributed by atoms with van der Waals surface area (Å²) in [6, 6.07) is 3.32. The molecule has 0 aliphatic heterocycles. The summed E-state index contributed by atoms with van der Waals surface area (Å²) in [5.41, 5.74) is -0.470. The number of para-hydroxylation sites is 1. The van der Waals surface area contributed by atoms with Crippen molar-refractivity contribution in [1.82, 2.24) is 5.32 Å². The molecular formula is C13H16F2N2O2. The highest BCUT2D eigenvalue weighted by Crippen LogP contribution is 2.17. The molecule has 0 heterocycles. The molecule has 6 heteroatoms. The lowest BCUT2D eigenvalue weighted by atomic mass is 10.2. The van der Waals surface area contributed by atoms with Gasteiger partial charge in [0.25, 0.3) is 0 Å². The first-order valence-corrected chi connectivity index (χ1v) is 5.93. The Kier molecular flexibility index (Phi) is 5.41. The Morgan fingerprint density at radius 3 is 2.32 bits per heavy atom. The predicted octanol–water partition coefficient (Wildman–Crippen LogP) is 2.07. The molecule has 0 saturated heterocycles. The molecule has 2 amide bonds. The maximum absolute atomic E-state index is 13.2. The molecule has 1 aromatic rings. The van der Waals surface area contributed by atoms with E-state index in [9.17, 15) is 18.4 Å². The Hall–Kier alpha value is -1.98. The van der Waals surface area contributed by atoms with Crippen LogP contribution in [0, 0.1) is 17.6 Å². The Labute approximate surface area is 110 Å². The summed E-state index contributed by atoms with van der Waals surface area (Å²) in [6.45, 7) is 3.58.